The van der Waals surface area contributed by atoms with Crippen molar-refractivity contribution in [1.82, 2.24) is 5.32 Å². The van der Waals surface area contributed by atoms with Gasteiger partial charge in [-0.25, -0.2) is 0 Å². The average Bonchev–Trinajstić information content (AvgIpc) is 2.37. The summed E-state index contributed by atoms with van der Waals surface area (Å²) in [6, 6.07) is 6.22. The molecule has 18 heavy (non-hydrogen) atoms. The predicted octanol–water partition coefficient (Wildman–Crippen LogP) is 3.01. The quantitative estimate of drug-likeness (QED) is 0.912. The molecular weight excluding hydrogens is 250 g/mol. The van der Waals surface area contributed by atoms with Crippen molar-refractivity contribution in [3.8, 4) is 5.75 Å². The van der Waals surface area contributed by atoms with Crippen LogP contribution in [0, 0.1) is 0 Å². The van der Waals surface area contributed by atoms with E-state index in [1.165, 1.54) is 0 Å². The van der Waals surface area contributed by atoms with E-state index in [0.29, 0.717) is 12.1 Å². The van der Waals surface area contributed by atoms with Gasteiger partial charge in [0.1, 0.15) is 5.75 Å². The predicted molar refractivity (Wildman–Crippen MR) is 73.3 cm³/mol. The maximum Gasteiger partial charge on any atom is 0.123 e. The Hall–Kier alpha value is -0.770. The number of methoxy groups -OCH3 is 1. The number of benzene rings is 1. The minimum absolute atomic E-state index is 0.345. The third-order valence-corrected chi connectivity index (χ3v) is 3.54. The number of halogens is 1. The van der Waals surface area contributed by atoms with E-state index in [9.17, 15) is 0 Å². The first-order valence-electron chi connectivity index (χ1n) is 6.36. The second kappa shape index (κ2) is 6.41. The van der Waals surface area contributed by atoms with Gasteiger partial charge in [0.15, 0.2) is 0 Å². The van der Waals surface area contributed by atoms with E-state index in [1.807, 2.05) is 18.2 Å². The van der Waals surface area contributed by atoms with Crippen molar-refractivity contribution >= 4 is 11.6 Å². The Bertz CT molecular complexity index is 397. The fourth-order valence-corrected chi connectivity index (χ4v) is 2.52. The van der Waals surface area contributed by atoms with E-state index in [4.69, 9.17) is 21.1 Å². The summed E-state index contributed by atoms with van der Waals surface area (Å²) in [5.41, 5.74) is 1.10. The van der Waals surface area contributed by atoms with Crippen LogP contribution in [0.15, 0.2) is 18.2 Å². The van der Waals surface area contributed by atoms with Crippen LogP contribution in [0.3, 0.4) is 0 Å². The minimum Gasteiger partial charge on any atom is -0.496 e. The Morgan fingerprint density at radius 2 is 2.33 bits per heavy atom. The van der Waals surface area contributed by atoms with Crippen LogP contribution in [0.1, 0.15) is 25.3 Å². The molecule has 1 aliphatic heterocycles. The van der Waals surface area contributed by atoms with E-state index in [2.05, 4.69) is 12.2 Å². The summed E-state index contributed by atoms with van der Waals surface area (Å²) in [4.78, 5) is 0. The van der Waals surface area contributed by atoms with Crippen molar-refractivity contribution in [2.24, 2.45) is 0 Å². The molecular formula is C14H20ClNO2. The van der Waals surface area contributed by atoms with Crippen LogP contribution in [0.2, 0.25) is 5.02 Å². The molecule has 4 heteroatoms. The Morgan fingerprint density at radius 3 is 3.06 bits per heavy atom. The summed E-state index contributed by atoms with van der Waals surface area (Å²) in [6.07, 6.45) is 2.47. The van der Waals surface area contributed by atoms with E-state index in [0.717, 1.165) is 42.3 Å². The zero-order valence-corrected chi connectivity index (χ0v) is 11.7. The van der Waals surface area contributed by atoms with Gasteiger partial charge in [-0.2, -0.15) is 0 Å². The number of nitrogens with one attached hydrogen (secondary N) is 1. The molecule has 3 nitrogen and oxygen atoms in total. The molecule has 0 aliphatic carbocycles. The van der Waals surface area contributed by atoms with Crippen molar-refractivity contribution in [1.29, 1.82) is 0 Å². The zero-order valence-electron chi connectivity index (χ0n) is 10.9. The van der Waals surface area contributed by atoms with Gasteiger partial charge in [0, 0.05) is 29.8 Å². The molecule has 0 bridgehead atoms. The fourth-order valence-electron chi connectivity index (χ4n) is 2.32. The van der Waals surface area contributed by atoms with Crippen molar-refractivity contribution < 1.29 is 9.47 Å². The normalized spacial score (nSPS) is 23.9. The Balaban J connectivity index is 1.94. The van der Waals surface area contributed by atoms with Crippen molar-refractivity contribution in [2.75, 3.05) is 13.7 Å². The Morgan fingerprint density at radius 1 is 1.50 bits per heavy atom. The van der Waals surface area contributed by atoms with Gasteiger partial charge in [-0.15, -0.1) is 0 Å². The van der Waals surface area contributed by atoms with Gasteiger partial charge in [0.25, 0.3) is 0 Å². The molecule has 2 rings (SSSR count). The smallest absolute Gasteiger partial charge is 0.123 e. The van der Waals surface area contributed by atoms with Gasteiger partial charge in [-0.1, -0.05) is 11.6 Å². The molecule has 0 amide bonds. The average molecular weight is 270 g/mol. The molecule has 0 radical (unpaired) electrons. The molecule has 1 aliphatic rings. The number of hydrogen-bond acceptors (Lipinski definition) is 3. The lowest BCUT2D eigenvalue weighted by Gasteiger charge is -2.28. The first kappa shape index (κ1) is 13.7. The van der Waals surface area contributed by atoms with E-state index in [-0.39, 0.29) is 0 Å². The summed E-state index contributed by atoms with van der Waals surface area (Å²) in [5, 5.41) is 4.30. The van der Waals surface area contributed by atoms with Crippen LogP contribution in [-0.4, -0.2) is 25.9 Å². The maximum atomic E-state index is 6.02. The maximum absolute atomic E-state index is 6.02. The van der Waals surface area contributed by atoms with Crippen LogP contribution in [0.5, 0.6) is 5.75 Å². The third-order valence-electron chi connectivity index (χ3n) is 3.31. The number of rotatable bonds is 4. The molecule has 2 unspecified atom stereocenters. The summed E-state index contributed by atoms with van der Waals surface area (Å²) in [6.45, 7) is 3.74. The molecule has 0 saturated carbocycles. The Labute approximate surface area is 113 Å². The van der Waals surface area contributed by atoms with Crippen LogP contribution in [0.4, 0.5) is 0 Å². The number of hydrogen-bond donors (Lipinski definition) is 1. The highest BCUT2D eigenvalue weighted by molar-refractivity contribution is 6.30. The molecule has 0 spiro atoms. The van der Waals surface area contributed by atoms with Crippen molar-refractivity contribution in [3.05, 3.63) is 28.8 Å². The summed E-state index contributed by atoms with van der Waals surface area (Å²) >= 11 is 6.02. The first-order valence-corrected chi connectivity index (χ1v) is 6.74. The standard InChI is InChI=1S/C14H20ClNO2/c1-10-7-13(5-6-18-10)16-9-11-8-12(15)3-4-14(11)17-2/h3-4,8,10,13,16H,5-7,9H2,1-2H3. The molecule has 100 valence electrons. The highest BCUT2D eigenvalue weighted by Crippen LogP contribution is 2.23. The van der Waals surface area contributed by atoms with Gasteiger partial charge in [-0.3, -0.25) is 0 Å². The monoisotopic (exact) mass is 269 g/mol. The van der Waals surface area contributed by atoms with Crippen LogP contribution < -0.4 is 10.1 Å². The van der Waals surface area contributed by atoms with Crippen molar-refractivity contribution in [3.63, 3.8) is 0 Å². The molecule has 1 fully saturated rings. The molecule has 1 heterocycles. The largest absolute Gasteiger partial charge is 0.496 e. The molecule has 0 aromatic heterocycles. The molecule has 1 N–H and O–H groups in total. The lowest BCUT2D eigenvalue weighted by atomic mass is 10.0. The highest BCUT2D eigenvalue weighted by atomic mass is 35.5. The fraction of sp³-hybridized carbons (Fsp3) is 0.571. The zero-order chi connectivity index (χ0) is 13.0. The Kier molecular flexibility index (Phi) is 4.87. The van der Waals surface area contributed by atoms with Crippen molar-refractivity contribution in [2.45, 2.75) is 38.5 Å². The van der Waals surface area contributed by atoms with Crippen LogP contribution in [0.25, 0.3) is 0 Å². The van der Waals surface area contributed by atoms with E-state index >= 15 is 0 Å². The topological polar surface area (TPSA) is 30.5 Å². The van der Waals surface area contributed by atoms with Gasteiger partial charge < -0.3 is 14.8 Å². The van der Waals surface area contributed by atoms with Gasteiger partial charge >= 0.3 is 0 Å². The van der Waals surface area contributed by atoms with E-state index in [1.54, 1.807) is 7.11 Å². The minimum atomic E-state index is 0.345. The van der Waals surface area contributed by atoms with Gasteiger partial charge in [0.05, 0.1) is 13.2 Å². The van der Waals surface area contributed by atoms with Crippen LogP contribution in [-0.2, 0) is 11.3 Å². The summed E-state index contributed by atoms with van der Waals surface area (Å²) < 4.78 is 10.9. The van der Waals surface area contributed by atoms with Gasteiger partial charge in [-0.05, 0) is 38.0 Å². The molecule has 1 aromatic carbocycles. The lowest BCUT2D eigenvalue weighted by Crippen LogP contribution is -2.37. The van der Waals surface area contributed by atoms with Crippen LogP contribution >= 0.6 is 11.6 Å². The number of ether oxygens (including phenoxy) is 2. The SMILES string of the molecule is COc1ccc(Cl)cc1CNC1CCOC(C)C1. The van der Waals surface area contributed by atoms with E-state index < -0.39 is 0 Å². The summed E-state index contributed by atoms with van der Waals surface area (Å²) in [5.74, 6) is 0.881. The second-order valence-corrected chi connectivity index (χ2v) is 5.18. The highest BCUT2D eigenvalue weighted by Gasteiger charge is 2.19. The molecule has 1 saturated heterocycles. The summed E-state index contributed by atoms with van der Waals surface area (Å²) in [7, 11) is 1.68. The second-order valence-electron chi connectivity index (χ2n) is 4.74. The molecule has 1 aromatic rings. The first-order chi connectivity index (χ1) is 8.69. The molecule has 2 atom stereocenters. The van der Waals surface area contributed by atoms with Gasteiger partial charge in [0.2, 0.25) is 0 Å². The lowest BCUT2D eigenvalue weighted by molar-refractivity contribution is 0.0130. The third kappa shape index (κ3) is 3.61.